The van der Waals surface area contributed by atoms with Crippen LogP contribution in [0.25, 0.3) is 0 Å². The van der Waals surface area contributed by atoms with E-state index in [2.05, 4.69) is 0 Å². The standard InChI is InChI=1S/C7H11NO2.ClH/c1-4-6(5(9)10)2-7(4,8)3-6;/h4H,2-3,8H2,1H3,(H,9,10);1H. The number of carbonyl (C=O) groups is 1. The van der Waals surface area contributed by atoms with Gasteiger partial charge in [0, 0.05) is 5.54 Å². The summed E-state index contributed by atoms with van der Waals surface area (Å²) in [6.07, 6.45) is 1.38. The molecule has 0 saturated heterocycles. The summed E-state index contributed by atoms with van der Waals surface area (Å²) in [6.45, 7) is 1.93. The lowest BCUT2D eigenvalue weighted by molar-refractivity contribution is -0.222. The van der Waals surface area contributed by atoms with Crippen LogP contribution in [0.15, 0.2) is 0 Å². The first kappa shape index (κ1) is 8.81. The van der Waals surface area contributed by atoms with Crippen molar-refractivity contribution < 1.29 is 9.90 Å². The molecular formula is C7H12ClNO2. The Balaban J connectivity index is 0.000000605. The summed E-state index contributed by atoms with van der Waals surface area (Å²) < 4.78 is 0. The van der Waals surface area contributed by atoms with Crippen LogP contribution in [0.2, 0.25) is 0 Å². The van der Waals surface area contributed by atoms with Gasteiger partial charge in [-0.2, -0.15) is 0 Å². The topological polar surface area (TPSA) is 63.3 Å². The maximum atomic E-state index is 10.6. The molecule has 1 atom stereocenters. The van der Waals surface area contributed by atoms with Crippen LogP contribution in [0.5, 0.6) is 0 Å². The van der Waals surface area contributed by atoms with Gasteiger partial charge in [-0.15, -0.1) is 12.4 Å². The van der Waals surface area contributed by atoms with E-state index in [0.717, 1.165) is 0 Å². The highest BCUT2D eigenvalue weighted by Gasteiger charge is 2.75. The molecule has 3 fully saturated rings. The van der Waals surface area contributed by atoms with Crippen molar-refractivity contribution in [2.75, 3.05) is 0 Å². The number of carboxylic acids is 1. The molecule has 3 saturated carbocycles. The van der Waals surface area contributed by atoms with Crippen LogP contribution in [0.1, 0.15) is 19.8 Å². The molecule has 3 aliphatic carbocycles. The van der Waals surface area contributed by atoms with E-state index in [4.69, 9.17) is 10.8 Å². The van der Waals surface area contributed by atoms with E-state index in [1.807, 2.05) is 6.92 Å². The van der Waals surface area contributed by atoms with Gasteiger partial charge in [-0.05, 0) is 18.8 Å². The zero-order chi connectivity index (χ0) is 7.57. The van der Waals surface area contributed by atoms with Crippen molar-refractivity contribution in [1.29, 1.82) is 0 Å². The van der Waals surface area contributed by atoms with Crippen LogP contribution < -0.4 is 5.73 Å². The molecule has 0 radical (unpaired) electrons. The van der Waals surface area contributed by atoms with E-state index in [9.17, 15) is 4.79 Å². The maximum absolute atomic E-state index is 10.6. The number of hydrogen-bond acceptors (Lipinski definition) is 2. The molecular weight excluding hydrogens is 166 g/mol. The summed E-state index contributed by atoms with van der Waals surface area (Å²) in [7, 11) is 0. The first-order valence-corrected chi connectivity index (χ1v) is 3.54. The summed E-state index contributed by atoms with van der Waals surface area (Å²) in [6, 6.07) is 0. The van der Waals surface area contributed by atoms with Crippen LogP contribution in [-0.4, -0.2) is 16.6 Å². The predicted octanol–water partition coefficient (Wildman–Crippen LogP) is 0.620. The van der Waals surface area contributed by atoms with E-state index >= 15 is 0 Å². The fourth-order valence-electron chi connectivity index (χ4n) is 2.36. The first-order valence-electron chi connectivity index (χ1n) is 3.54. The normalized spacial score (nSPS) is 51.6. The zero-order valence-corrected chi connectivity index (χ0v) is 7.15. The van der Waals surface area contributed by atoms with Gasteiger partial charge in [0.25, 0.3) is 0 Å². The van der Waals surface area contributed by atoms with Crippen LogP contribution >= 0.6 is 12.4 Å². The Hall–Kier alpha value is -0.280. The molecule has 64 valence electrons. The molecule has 0 heterocycles. The molecule has 0 amide bonds. The average molecular weight is 178 g/mol. The highest BCUT2D eigenvalue weighted by molar-refractivity contribution is 5.85. The van der Waals surface area contributed by atoms with Gasteiger partial charge in [-0.25, -0.2) is 0 Å². The van der Waals surface area contributed by atoms with Gasteiger partial charge in [0.2, 0.25) is 0 Å². The van der Waals surface area contributed by atoms with Gasteiger partial charge in [0.15, 0.2) is 0 Å². The molecule has 0 aliphatic heterocycles. The van der Waals surface area contributed by atoms with E-state index < -0.39 is 11.4 Å². The van der Waals surface area contributed by atoms with Crippen molar-refractivity contribution in [1.82, 2.24) is 0 Å². The number of rotatable bonds is 1. The van der Waals surface area contributed by atoms with E-state index in [1.54, 1.807) is 0 Å². The molecule has 3 rings (SSSR count). The fraction of sp³-hybridized carbons (Fsp3) is 0.857. The summed E-state index contributed by atoms with van der Waals surface area (Å²) in [5, 5.41) is 8.76. The Kier molecular flexibility index (Phi) is 1.52. The first-order chi connectivity index (χ1) is 4.51. The Labute approximate surface area is 71.4 Å². The lowest BCUT2D eigenvalue weighted by Crippen LogP contribution is -2.81. The molecule has 4 heteroatoms. The molecule has 0 aromatic heterocycles. The van der Waals surface area contributed by atoms with Crippen LogP contribution in [-0.2, 0) is 4.79 Å². The monoisotopic (exact) mass is 177 g/mol. The van der Waals surface area contributed by atoms with Crippen LogP contribution in [0.3, 0.4) is 0 Å². The average Bonchev–Trinajstić information content (AvgIpc) is 1.81. The SMILES string of the molecule is CC1C2(N)CC1(C(=O)O)C2.Cl. The highest BCUT2D eigenvalue weighted by Crippen LogP contribution is 2.69. The van der Waals surface area contributed by atoms with Gasteiger partial charge in [-0.1, -0.05) is 6.92 Å². The van der Waals surface area contributed by atoms with Gasteiger partial charge < -0.3 is 10.8 Å². The second-order valence-corrected chi connectivity index (χ2v) is 3.77. The van der Waals surface area contributed by atoms with Crippen molar-refractivity contribution in [3.05, 3.63) is 0 Å². The van der Waals surface area contributed by atoms with Gasteiger partial charge in [-0.3, -0.25) is 4.79 Å². The Morgan fingerprint density at radius 2 is 2.09 bits per heavy atom. The van der Waals surface area contributed by atoms with E-state index in [1.165, 1.54) is 0 Å². The molecule has 3 aliphatic rings. The van der Waals surface area contributed by atoms with E-state index in [0.29, 0.717) is 12.8 Å². The summed E-state index contributed by atoms with van der Waals surface area (Å²) in [4.78, 5) is 10.6. The highest BCUT2D eigenvalue weighted by atomic mass is 35.5. The fourth-order valence-corrected chi connectivity index (χ4v) is 2.36. The number of halogens is 1. The molecule has 1 unspecified atom stereocenters. The van der Waals surface area contributed by atoms with Crippen molar-refractivity contribution in [3.63, 3.8) is 0 Å². The second kappa shape index (κ2) is 1.90. The Bertz CT molecular complexity index is 210. The van der Waals surface area contributed by atoms with E-state index in [-0.39, 0.29) is 23.9 Å². The van der Waals surface area contributed by atoms with Crippen LogP contribution in [0, 0.1) is 11.3 Å². The van der Waals surface area contributed by atoms with Crippen molar-refractivity contribution in [2.24, 2.45) is 17.1 Å². The number of aliphatic carboxylic acids is 1. The summed E-state index contributed by atoms with van der Waals surface area (Å²) >= 11 is 0. The van der Waals surface area contributed by atoms with Crippen molar-refractivity contribution in [2.45, 2.75) is 25.3 Å². The third-order valence-electron chi connectivity index (χ3n) is 3.41. The Morgan fingerprint density at radius 3 is 2.18 bits per heavy atom. The minimum atomic E-state index is -0.660. The summed E-state index contributed by atoms with van der Waals surface area (Å²) in [5.41, 5.74) is 5.26. The molecule has 3 N–H and O–H groups in total. The third-order valence-corrected chi connectivity index (χ3v) is 3.41. The molecule has 3 nitrogen and oxygen atoms in total. The molecule has 0 aromatic carbocycles. The number of hydrogen-bond donors (Lipinski definition) is 2. The number of nitrogens with two attached hydrogens (primary N) is 1. The van der Waals surface area contributed by atoms with Gasteiger partial charge in [0.1, 0.15) is 0 Å². The maximum Gasteiger partial charge on any atom is 0.310 e. The molecule has 0 aromatic rings. The quantitative estimate of drug-likeness (QED) is 0.617. The zero-order valence-electron chi connectivity index (χ0n) is 6.33. The van der Waals surface area contributed by atoms with Gasteiger partial charge in [0.05, 0.1) is 5.41 Å². The van der Waals surface area contributed by atoms with Crippen molar-refractivity contribution in [3.8, 4) is 0 Å². The minimum Gasteiger partial charge on any atom is -0.481 e. The third kappa shape index (κ3) is 0.656. The van der Waals surface area contributed by atoms with Crippen molar-refractivity contribution >= 4 is 18.4 Å². The summed E-state index contributed by atoms with van der Waals surface area (Å²) in [5.74, 6) is -0.468. The second-order valence-electron chi connectivity index (χ2n) is 3.77. The smallest absolute Gasteiger partial charge is 0.310 e. The molecule has 0 spiro atoms. The molecule has 2 bridgehead atoms. The lowest BCUT2D eigenvalue weighted by atomic mass is 9.34. The number of carboxylic acid groups (broad SMARTS) is 1. The largest absolute Gasteiger partial charge is 0.481 e. The van der Waals surface area contributed by atoms with Crippen LogP contribution in [0.4, 0.5) is 0 Å². The predicted molar refractivity (Wildman–Crippen MR) is 42.6 cm³/mol. The lowest BCUT2D eigenvalue weighted by Gasteiger charge is -2.71. The minimum absolute atomic E-state index is 0. The molecule has 11 heavy (non-hydrogen) atoms. The van der Waals surface area contributed by atoms with Gasteiger partial charge >= 0.3 is 5.97 Å². The Morgan fingerprint density at radius 1 is 1.64 bits per heavy atom.